The Morgan fingerprint density at radius 2 is 1.90 bits per heavy atom. The van der Waals surface area contributed by atoms with Gasteiger partial charge in [-0.25, -0.2) is 9.37 Å². The first-order valence-electron chi connectivity index (χ1n) is 12.6. The van der Waals surface area contributed by atoms with Crippen molar-refractivity contribution in [2.24, 2.45) is 10.9 Å². The van der Waals surface area contributed by atoms with E-state index in [4.69, 9.17) is 18.9 Å². The third-order valence-electron chi connectivity index (χ3n) is 6.54. The summed E-state index contributed by atoms with van der Waals surface area (Å²) in [4.78, 5) is 27.1. The fourth-order valence-corrected chi connectivity index (χ4v) is 5.61. The molecule has 1 amide bonds. The van der Waals surface area contributed by atoms with Gasteiger partial charge in [-0.2, -0.15) is 0 Å². The number of hydrogen-bond acceptors (Lipinski definition) is 11. The summed E-state index contributed by atoms with van der Waals surface area (Å²) in [6.45, 7) is 1.50. The van der Waals surface area contributed by atoms with Crippen LogP contribution in [0.3, 0.4) is 0 Å². The van der Waals surface area contributed by atoms with Crippen molar-refractivity contribution in [3.63, 3.8) is 0 Å². The minimum absolute atomic E-state index is 0.0606. The molecule has 3 N–H and O–H groups in total. The van der Waals surface area contributed by atoms with Gasteiger partial charge in [0.1, 0.15) is 11.4 Å². The van der Waals surface area contributed by atoms with Gasteiger partial charge in [-0.15, -0.1) is 11.3 Å². The lowest BCUT2D eigenvalue weighted by molar-refractivity contribution is -0.152. The Hall–Kier alpha value is -4.43. The molecule has 1 aliphatic heterocycles. The number of aromatic nitrogens is 2. The molecule has 0 radical (unpaired) electrons. The molecule has 0 saturated heterocycles. The van der Waals surface area contributed by atoms with E-state index < -0.39 is 23.4 Å². The topological polar surface area (TPSA) is 145 Å². The summed E-state index contributed by atoms with van der Waals surface area (Å²) < 4.78 is 36.7. The second-order valence-corrected chi connectivity index (χ2v) is 10.2. The van der Waals surface area contributed by atoms with Crippen LogP contribution in [0.25, 0.3) is 16.6 Å². The molecule has 3 aromatic heterocycles. The Labute approximate surface area is 243 Å². The lowest BCUT2D eigenvalue weighted by Gasteiger charge is -2.36. The Morgan fingerprint density at radius 1 is 1.10 bits per heavy atom. The van der Waals surface area contributed by atoms with E-state index in [0.29, 0.717) is 27.4 Å². The molecule has 0 saturated carbocycles. The molecule has 1 aromatic carbocycles. The number of nitrogens with one attached hydrogen (secondary N) is 1. The normalized spacial score (nSPS) is 16.3. The monoisotopic (exact) mass is 594 g/mol. The van der Waals surface area contributed by atoms with Crippen molar-refractivity contribution in [1.82, 2.24) is 9.97 Å². The van der Waals surface area contributed by atoms with Gasteiger partial charge in [0.05, 0.1) is 37.6 Å². The molecule has 13 heteroatoms. The number of fused-ring (bicyclic) bond motifs is 1. The molecule has 1 atom stereocenters. The molecular weight excluding hydrogens is 567 g/mol. The molecule has 5 rings (SSSR count). The zero-order chi connectivity index (χ0) is 30.0. The fourth-order valence-electron chi connectivity index (χ4n) is 4.74. The van der Waals surface area contributed by atoms with Crippen molar-refractivity contribution in [2.75, 3.05) is 33.3 Å². The summed E-state index contributed by atoms with van der Waals surface area (Å²) in [5.74, 6) is -5.08. The summed E-state index contributed by atoms with van der Waals surface area (Å²) in [5, 5.41) is 26.9. The Kier molecular flexibility index (Phi) is 8.18. The SMILES string of the molecule is COCC1=NC(C)=C(c2cccs2)C(O)(O)C1C(=O)Nc1ccc(Oc2ccnc3cc(OC)c(OC)nc23)c(F)c1. The number of hydrogen-bond donors (Lipinski definition) is 3. The minimum Gasteiger partial charge on any atom is -0.491 e. The number of pyridine rings is 2. The molecule has 218 valence electrons. The van der Waals surface area contributed by atoms with E-state index in [0.717, 1.165) is 6.07 Å². The van der Waals surface area contributed by atoms with Crippen LogP contribution in [0.5, 0.6) is 23.1 Å². The van der Waals surface area contributed by atoms with Crippen molar-refractivity contribution >= 4 is 45.2 Å². The molecule has 1 aliphatic rings. The first-order chi connectivity index (χ1) is 20.2. The maximum atomic E-state index is 15.2. The highest BCUT2D eigenvalue weighted by atomic mass is 32.1. The number of aliphatic imine (C=N–C) groups is 1. The number of methoxy groups -OCH3 is 3. The predicted octanol–water partition coefficient (Wildman–Crippen LogP) is 4.41. The van der Waals surface area contributed by atoms with Crippen LogP contribution >= 0.6 is 11.3 Å². The Morgan fingerprint density at radius 3 is 2.57 bits per heavy atom. The van der Waals surface area contributed by atoms with E-state index in [2.05, 4.69) is 20.3 Å². The predicted molar refractivity (Wildman–Crippen MR) is 155 cm³/mol. The van der Waals surface area contributed by atoms with Crippen molar-refractivity contribution in [3.8, 4) is 23.1 Å². The van der Waals surface area contributed by atoms with E-state index in [1.807, 2.05) is 0 Å². The van der Waals surface area contributed by atoms with Crippen LogP contribution in [0.15, 0.2) is 64.7 Å². The largest absolute Gasteiger partial charge is 0.491 e. The lowest BCUT2D eigenvalue weighted by Crippen LogP contribution is -2.52. The highest BCUT2D eigenvalue weighted by molar-refractivity contribution is 7.11. The molecule has 42 heavy (non-hydrogen) atoms. The third-order valence-corrected chi connectivity index (χ3v) is 7.43. The van der Waals surface area contributed by atoms with Gasteiger partial charge >= 0.3 is 0 Å². The van der Waals surface area contributed by atoms with Gasteiger partial charge in [0.2, 0.25) is 11.7 Å². The number of rotatable bonds is 9. The van der Waals surface area contributed by atoms with Gasteiger partial charge in [-0.3, -0.25) is 14.8 Å². The van der Waals surface area contributed by atoms with Crippen LogP contribution in [0.1, 0.15) is 11.8 Å². The van der Waals surface area contributed by atoms with Crippen LogP contribution in [-0.4, -0.2) is 65.5 Å². The van der Waals surface area contributed by atoms with E-state index in [-0.39, 0.29) is 41.0 Å². The molecule has 1 unspecified atom stereocenters. The third kappa shape index (κ3) is 5.42. The summed E-state index contributed by atoms with van der Waals surface area (Å²) in [6, 6.07) is 10.4. The van der Waals surface area contributed by atoms with Gasteiger partial charge in [-0.1, -0.05) is 6.07 Å². The lowest BCUT2D eigenvalue weighted by atomic mass is 9.82. The fraction of sp³-hybridized carbons (Fsp3) is 0.241. The number of ether oxygens (including phenoxy) is 4. The van der Waals surface area contributed by atoms with Gasteiger partial charge in [0, 0.05) is 47.8 Å². The van der Waals surface area contributed by atoms with Gasteiger partial charge in [-0.05, 0) is 30.5 Å². The molecule has 0 aliphatic carbocycles. The number of amides is 1. The number of halogens is 1. The summed E-state index contributed by atoms with van der Waals surface area (Å²) >= 11 is 1.28. The van der Waals surface area contributed by atoms with Crippen molar-refractivity contribution in [3.05, 3.63) is 70.4 Å². The van der Waals surface area contributed by atoms with E-state index in [9.17, 15) is 15.0 Å². The number of anilines is 1. The van der Waals surface area contributed by atoms with Gasteiger partial charge in [0.25, 0.3) is 5.88 Å². The smallest absolute Gasteiger partial charge is 0.257 e. The number of carbonyl (C=O) groups excluding carboxylic acids is 1. The number of thiophene rings is 1. The van der Waals surface area contributed by atoms with Crippen molar-refractivity contribution < 1.29 is 38.3 Å². The number of benzene rings is 1. The van der Waals surface area contributed by atoms with Gasteiger partial charge in [0.15, 0.2) is 23.1 Å². The first kappa shape index (κ1) is 29.1. The molecule has 4 heterocycles. The average Bonchev–Trinajstić information content (AvgIpc) is 3.47. The highest BCUT2D eigenvalue weighted by Gasteiger charge is 2.50. The zero-order valence-electron chi connectivity index (χ0n) is 23.0. The summed E-state index contributed by atoms with van der Waals surface area (Å²) in [7, 11) is 4.32. The summed E-state index contributed by atoms with van der Waals surface area (Å²) in [5.41, 5.74) is 1.40. The maximum absolute atomic E-state index is 15.2. The second-order valence-electron chi connectivity index (χ2n) is 9.25. The summed E-state index contributed by atoms with van der Waals surface area (Å²) in [6.07, 6.45) is 1.48. The van der Waals surface area contributed by atoms with E-state index >= 15 is 4.39 Å². The number of carbonyl (C=O) groups is 1. The average molecular weight is 595 g/mol. The van der Waals surface area contributed by atoms with Crippen LogP contribution in [0, 0.1) is 11.7 Å². The molecule has 4 aromatic rings. The molecule has 0 spiro atoms. The number of aliphatic hydroxyl groups is 2. The molecule has 0 bridgehead atoms. The standard InChI is InChI=1S/C29H27FN4O7S/c1-15-24(23-6-5-11-42-23)29(36,37)25(19(32-15)14-38-2)27(35)33-16-7-8-20(17(30)12-16)41-21-9-10-31-18-13-22(39-3)28(40-4)34-26(18)21/h5-13,25,36-37H,14H2,1-4H3,(H,33,35). The minimum atomic E-state index is -2.60. The van der Waals surface area contributed by atoms with Crippen molar-refractivity contribution in [1.29, 1.82) is 0 Å². The molecule has 0 fully saturated rings. The van der Waals surface area contributed by atoms with Crippen LogP contribution in [0.2, 0.25) is 0 Å². The Bertz CT molecular complexity index is 1710. The van der Waals surface area contributed by atoms with Crippen LogP contribution < -0.4 is 19.5 Å². The maximum Gasteiger partial charge on any atom is 0.257 e. The van der Waals surface area contributed by atoms with E-state index in [1.165, 1.54) is 57.1 Å². The number of allylic oxidation sites excluding steroid dienone is 1. The highest BCUT2D eigenvalue weighted by Crippen LogP contribution is 2.41. The zero-order valence-corrected chi connectivity index (χ0v) is 23.9. The van der Waals surface area contributed by atoms with Crippen molar-refractivity contribution in [2.45, 2.75) is 12.7 Å². The van der Waals surface area contributed by atoms with E-state index in [1.54, 1.807) is 30.5 Å². The molecule has 11 nitrogen and oxygen atoms in total. The van der Waals surface area contributed by atoms with Gasteiger partial charge < -0.3 is 34.5 Å². The van der Waals surface area contributed by atoms with Crippen LogP contribution in [0.4, 0.5) is 10.1 Å². The van der Waals surface area contributed by atoms with Crippen LogP contribution in [-0.2, 0) is 9.53 Å². The second kappa shape index (κ2) is 11.8. The first-order valence-corrected chi connectivity index (χ1v) is 13.5. The number of nitrogens with zero attached hydrogens (tertiary/aromatic N) is 3. The molecular formula is C29H27FN4O7S. The Balaban J connectivity index is 1.41. The quantitative estimate of drug-likeness (QED) is 0.240.